The van der Waals surface area contributed by atoms with Crippen LogP contribution in [0, 0.1) is 17.3 Å². The third-order valence-corrected chi connectivity index (χ3v) is 17.6. The van der Waals surface area contributed by atoms with Crippen molar-refractivity contribution < 1.29 is 119 Å². The van der Waals surface area contributed by atoms with Crippen molar-refractivity contribution in [1.82, 2.24) is 26.6 Å². The molecule has 5 atom stereocenters. The van der Waals surface area contributed by atoms with Crippen molar-refractivity contribution in [2.75, 3.05) is 33.0 Å². The summed E-state index contributed by atoms with van der Waals surface area (Å²) in [5.74, 6) is -7.34. The van der Waals surface area contributed by atoms with Crippen LogP contribution in [0.5, 0.6) is 0 Å². The van der Waals surface area contributed by atoms with Gasteiger partial charge in [-0.15, -0.1) is 0 Å². The van der Waals surface area contributed by atoms with Gasteiger partial charge in [0.05, 0.1) is 60.7 Å². The monoisotopic (exact) mass is 1810 g/mol. The number of esters is 10. The van der Waals surface area contributed by atoms with Crippen LogP contribution in [-0.2, 0) is 114 Å². The van der Waals surface area contributed by atoms with Gasteiger partial charge in [-0.25, -0.2) is 47.9 Å². The van der Waals surface area contributed by atoms with Crippen LogP contribution < -0.4 is 26.6 Å². The molecule has 1 aliphatic carbocycles. The highest BCUT2D eigenvalue weighted by molar-refractivity contribution is 5.96. The van der Waals surface area contributed by atoms with Crippen LogP contribution in [0.15, 0.2) is 243 Å². The Bertz CT molecular complexity index is 4690. The Labute approximate surface area is 767 Å². The summed E-state index contributed by atoms with van der Waals surface area (Å²) in [6, 6.07) is 52.7. The number of hydrogen-bond acceptors (Lipinski definition) is 25. The molecule has 30 nitrogen and oxygen atoms in total. The average Bonchev–Trinajstić information content (AvgIpc) is 0.844. The van der Waals surface area contributed by atoms with Crippen molar-refractivity contribution in [1.29, 1.82) is 0 Å². The van der Waals surface area contributed by atoms with Gasteiger partial charge in [-0.2, -0.15) is 0 Å². The molecule has 5 amide bonds. The van der Waals surface area contributed by atoms with E-state index in [1.807, 2.05) is 158 Å². The van der Waals surface area contributed by atoms with Crippen molar-refractivity contribution in [3.05, 3.63) is 276 Å². The molecule has 6 aromatic rings. The molecule has 0 spiro atoms. The van der Waals surface area contributed by atoms with Crippen LogP contribution in [0.3, 0.4) is 0 Å². The molecule has 1 aliphatic rings. The standard InChI is InChI=1S/C22H29NO5.C22H23NO5.C20H27NO5.C19H25NO5.C18H23NO5/c2*1-16(2)28-21(25)14-13-20(24)27-15-19(17-9-5-3-6-10-17)23-22(26)18-11-7-4-8-12-18;1-14(2)26-18(23)12-11-17(22)25-13-16(15-9-7-6-8-10-15)21-19(24)20(3,4)5;1-13(2)19(23)20-16(15-8-6-5-7-9-15)12-24-17(21)10-11-18(22)25-14(3)4;1-4-16(20)19-15(14-8-6-5-7-9-14)12-23-17(21)10-11-18(22)24-13(2)3/h3,5-6,9-10,13-14,16,18-19H,4,7-8,11-12,15H2,1-2H3,(H,23,26);3-14,16,19H,15H2,1-2H3,(H,23,26);6-12,14,16H,13H2,1-5H3,(H,21,24);5-11,13-14,16H,12H2,1-4H3,(H,20,23);5-11,13,15H,4,12H2,1-3H3,(H,19,20)/b2*14-13+;12-11+;2*11-10+/t2*19-;2*16-;15-/m00000/s1. The minimum atomic E-state index is -0.699. The predicted molar refractivity (Wildman–Crippen MR) is 490 cm³/mol. The third-order valence-electron chi connectivity index (χ3n) is 17.6. The van der Waals surface area contributed by atoms with Gasteiger partial charge in [0.15, 0.2) is 0 Å². The summed E-state index contributed by atoms with van der Waals surface area (Å²) in [6.45, 7) is 27.7. The maximum absolute atomic E-state index is 12.6. The van der Waals surface area contributed by atoms with Crippen LogP contribution >= 0.6 is 0 Å². The van der Waals surface area contributed by atoms with Gasteiger partial charge in [0.25, 0.3) is 5.91 Å². The van der Waals surface area contributed by atoms with E-state index >= 15 is 0 Å². The number of benzene rings is 6. The summed E-state index contributed by atoms with van der Waals surface area (Å²) in [5.41, 5.74) is 4.07. The minimum Gasteiger partial charge on any atom is -0.460 e. The van der Waals surface area contributed by atoms with Gasteiger partial charge in [0.2, 0.25) is 23.6 Å². The number of carbonyl (C=O) groups excluding carboxylic acids is 15. The van der Waals surface area contributed by atoms with Crippen LogP contribution in [0.1, 0.15) is 218 Å². The van der Waals surface area contributed by atoms with Crippen molar-refractivity contribution in [3.8, 4) is 0 Å². The van der Waals surface area contributed by atoms with Gasteiger partial charge < -0.3 is 74.0 Å². The highest BCUT2D eigenvalue weighted by atomic mass is 16.6. The smallest absolute Gasteiger partial charge is 0.331 e. The predicted octanol–water partition coefficient (Wildman–Crippen LogP) is 14.5. The SMILES string of the molecule is CC(C)OC(=O)/C=C/C(=O)OC[C@H](NC(=O)C(C)(C)C)c1ccccc1.CC(C)OC(=O)/C=C/C(=O)OC[C@H](NC(=O)C(C)C)c1ccccc1.CC(C)OC(=O)/C=C/C(=O)OC[C@H](NC(=O)C1CCCCC1)c1ccccc1.CC(C)OC(=O)/C=C/C(=O)OC[C@H](NC(=O)c1ccccc1)c1ccccc1.CCC(=O)N[C@@H](COC(=O)/C=C/C(=O)OC(C)C)c1ccccc1. The Balaban J connectivity index is 0.000000423. The fourth-order valence-electron chi connectivity index (χ4n) is 11.1. The number of ether oxygens (including phenoxy) is 10. The summed E-state index contributed by atoms with van der Waals surface area (Å²) in [4.78, 5) is 177. The fourth-order valence-corrected chi connectivity index (χ4v) is 11.1. The molecule has 0 heterocycles. The Kier molecular flexibility index (Phi) is 52.9. The molecule has 0 bridgehead atoms. The van der Waals surface area contributed by atoms with E-state index < -0.39 is 95.3 Å². The second-order valence-electron chi connectivity index (χ2n) is 32.1. The zero-order chi connectivity index (χ0) is 97.2. The van der Waals surface area contributed by atoms with Gasteiger partial charge in [-0.3, -0.25) is 24.0 Å². The molecular weight excluding hydrogens is 1680 g/mol. The first-order chi connectivity index (χ1) is 62.2. The molecule has 0 aliphatic heterocycles. The normalized spacial score (nSPS) is 13.0. The van der Waals surface area contributed by atoms with E-state index in [0.717, 1.165) is 114 Å². The quantitative estimate of drug-likeness (QED) is 0.0136. The van der Waals surface area contributed by atoms with Crippen LogP contribution in [0.4, 0.5) is 0 Å². The molecule has 706 valence electrons. The number of amides is 5. The topological polar surface area (TPSA) is 408 Å². The molecule has 30 heteroatoms. The maximum atomic E-state index is 12.6. The summed E-state index contributed by atoms with van der Waals surface area (Å²) < 4.78 is 50.4. The van der Waals surface area contributed by atoms with Crippen LogP contribution in [0.2, 0.25) is 0 Å². The lowest BCUT2D eigenvalue weighted by atomic mass is 9.88. The lowest BCUT2D eigenvalue weighted by Gasteiger charge is -2.25. The lowest BCUT2D eigenvalue weighted by Crippen LogP contribution is -2.39. The van der Waals surface area contributed by atoms with Gasteiger partial charge in [-0.05, 0) is 122 Å². The van der Waals surface area contributed by atoms with Crippen molar-refractivity contribution >= 4 is 89.2 Å². The zero-order valence-electron chi connectivity index (χ0n) is 77.5. The number of carbonyl (C=O) groups is 15. The number of nitrogens with one attached hydrogen (secondary N) is 5. The molecule has 1 fully saturated rings. The Morgan fingerprint density at radius 1 is 0.305 bits per heavy atom. The van der Waals surface area contributed by atoms with Gasteiger partial charge >= 0.3 is 59.7 Å². The van der Waals surface area contributed by atoms with Gasteiger partial charge in [0, 0.05) is 90.0 Å². The molecule has 5 N–H and O–H groups in total. The summed E-state index contributed by atoms with van der Waals surface area (Å²) in [6.07, 6.45) is 14.3. The second kappa shape index (κ2) is 62.3. The Hall–Kier alpha value is -13.9. The largest absolute Gasteiger partial charge is 0.460 e. The lowest BCUT2D eigenvalue weighted by molar-refractivity contribution is -0.143. The van der Waals surface area contributed by atoms with E-state index in [1.165, 1.54) is 6.42 Å². The van der Waals surface area contributed by atoms with Crippen molar-refractivity contribution in [2.45, 2.75) is 210 Å². The summed E-state index contributed by atoms with van der Waals surface area (Å²) in [5, 5.41) is 14.4. The first-order valence-corrected chi connectivity index (χ1v) is 43.3. The van der Waals surface area contributed by atoms with E-state index in [-0.39, 0.29) is 105 Å². The van der Waals surface area contributed by atoms with E-state index in [0.29, 0.717) is 12.0 Å². The first-order valence-electron chi connectivity index (χ1n) is 43.3. The molecule has 0 aromatic heterocycles. The number of hydrogen-bond donors (Lipinski definition) is 5. The van der Waals surface area contributed by atoms with Gasteiger partial charge in [-0.1, -0.05) is 231 Å². The van der Waals surface area contributed by atoms with Crippen molar-refractivity contribution in [2.24, 2.45) is 17.3 Å². The third kappa shape index (κ3) is 51.0. The average molecular weight is 1810 g/mol. The van der Waals surface area contributed by atoms with Crippen molar-refractivity contribution in [3.63, 3.8) is 0 Å². The van der Waals surface area contributed by atoms with E-state index in [9.17, 15) is 71.9 Å². The summed E-state index contributed by atoms with van der Waals surface area (Å²) in [7, 11) is 0. The van der Waals surface area contributed by atoms with E-state index in [2.05, 4.69) is 26.6 Å². The first kappa shape index (κ1) is 111. The van der Waals surface area contributed by atoms with E-state index in [1.54, 1.807) is 135 Å². The number of rotatable bonds is 39. The molecule has 0 unspecified atom stereocenters. The molecule has 0 saturated heterocycles. The molecular formula is C101H127N5O25. The molecule has 7 rings (SSSR count). The van der Waals surface area contributed by atoms with Crippen LogP contribution in [-0.4, -0.2) is 153 Å². The second-order valence-corrected chi connectivity index (χ2v) is 32.1. The highest BCUT2D eigenvalue weighted by Crippen LogP contribution is 2.26. The molecule has 6 aromatic carbocycles. The highest BCUT2D eigenvalue weighted by Gasteiger charge is 2.28. The Morgan fingerprint density at radius 3 is 0.794 bits per heavy atom. The minimum absolute atomic E-state index is 0.000607. The molecule has 131 heavy (non-hydrogen) atoms. The van der Waals surface area contributed by atoms with Gasteiger partial charge in [0.1, 0.15) is 33.0 Å². The molecule has 0 radical (unpaired) electrons. The Morgan fingerprint density at radius 2 is 0.542 bits per heavy atom. The summed E-state index contributed by atoms with van der Waals surface area (Å²) >= 11 is 0. The van der Waals surface area contributed by atoms with Crippen LogP contribution in [0.25, 0.3) is 0 Å². The molecule has 1 saturated carbocycles. The maximum Gasteiger partial charge on any atom is 0.331 e. The fraction of sp³-hybridized carbons (Fsp3) is 0.396. The van der Waals surface area contributed by atoms with E-state index in [4.69, 9.17) is 47.4 Å². The zero-order valence-corrected chi connectivity index (χ0v) is 77.5.